The highest BCUT2D eigenvalue weighted by molar-refractivity contribution is 7.92. The standard InChI is InChI=1S/C13H18F2N2O3S/c1-4-9(2)16-13(18)8-17(21(3,19)20)10-5-6-11(14)12(15)7-10/h5-7,9H,4,8H2,1-3H3,(H,16,18)/t9-/m0/s1. The Morgan fingerprint density at radius 1 is 1.33 bits per heavy atom. The van der Waals surface area contributed by atoms with Gasteiger partial charge in [-0.15, -0.1) is 0 Å². The van der Waals surface area contributed by atoms with Gasteiger partial charge in [-0.2, -0.15) is 0 Å². The number of anilines is 1. The molecule has 0 aliphatic carbocycles. The largest absolute Gasteiger partial charge is 0.352 e. The van der Waals surface area contributed by atoms with Gasteiger partial charge < -0.3 is 5.32 Å². The minimum Gasteiger partial charge on any atom is -0.352 e. The van der Waals surface area contributed by atoms with Crippen molar-refractivity contribution in [1.82, 2.24) is 5.32 Å². The molecular weight excluding hydrogens is 302 g/mol. The first-order valence-electron chi connectivity index (χ1n) is 6.37. The van der Waals surface area contributed by atoms with E-state index in [4.69, 9.17) is 0 Å². The number of halogens is 2. The molecule has 0 aliphatic heterocycles. The number of rotatable bonds is 6. The Labute approximate surface area is 123 Å². The summed E-state index contributed by atoms with van der Waals surface area (Å²) >= 11 is 0. The monoisotopic (exact) mass is 320 g/mol. The molecule has 5 nitrogen and oxygen atoms in total. The molecule has 0 unspecified atom stereocenters. The first kappa shape index (κ1) is 17.4. The van der Waals surface area contributed by atoms with Crippen molar-refractivity contribution in [2.24, 2.45) is 0 Å². The van der Waals surface area contributed by atoms with Gasteiger partial charge in [-0.25, -0.2) is 17.2 Å². The number of hydrogen-bond donors (Lipinski definition) is 1. The summed E-state index contributed by atoms with van der Waals surface area (Å²) in [4.78, 5) is 11.8. The Hall–Kier alpha value is -1.70. The summed E-state index contributed by atoms with van der Waals surface area (Å²) in [5.41, 5.74) is -0.101. The smallest absolute Gasteiger partial charge is 0.240 e. The van der Waals surface area contributed by atoms with E-state index in [1.54, 1.807) is 6.92 Å². The zero-order chi connectivity index (χ0) is 16.2. The van der Waals surface area contributed by atoms with Crippen molar-refractivity contribution >= 4 is 21.6 Å². The van der Waals surface area contributed by atoms with Crippen LogP contribution in [0.5, 0.6) is 0 Å². The van der Waals surface area contributed by atoms with Crippen molar-refractivity contribution in [2.75, 3.05) is 17.1 Å². The molecule has 0 radical (unpaired) electrons. The van der Waals surface area contributed by atoms with E-state index in [1.807, 2.05) is 6.92 Å². The number of carbonyl (C=O) groups excluding carboxylic acids is 1. The quantitative estimate of drug-likeness (QED) is 0.866. The average Bonchev–Trinajstić information content (AvgIpc) is 2.38. The van der Waals surface area contributed by atoms with Gasteiger partial charge in [0.05, 0.1) is 11.9 Å². The first-order chi connectivity index (χ1) is 9.65. The van der Waals surface area contributed by atoms with Gasteiger partial charge in [0.15, 0.2) is 11.6 Å². The van der Waals surface area contributed by atoms with Crippen molar-refractivity contribution in [3.63, 3.8) is 0 Å². The molecular formula is C13H18F2N2O3S. The van der Waals surface area contributed by atoms with Crippen molar-refractivity contribution < 1.29 is 22.0 Å². The summed E-state index contributed by atoms with van der Waals surface area (Å²) in [6, 6.07) is 2.56. The molecule has 1 aromatic rings. The molecule has 1 N–H and O–H groups in total. The van der Waals surface area contributed by atoms with E-state index in [1.165, 1.54) is 0 Å². The molecule has 1 rings (SSSR count). The van der Waals surface area contributed by atoms with Crippen LogP contribution in [0.2, 0.25) is 0 Å². The van der Waals surface area contributed by atoms with Gasteiger partial charge in [0.1, 0.15) is 6.54 Å². The van der Waals surface area contributed by atoms with Crippen LogP contribution in [0.1, 0.15) is 20.3 Å². The summed E-state index contributed by atoms with van der Waals surface area (Å²) in [6.07, 6.45) is 1.58. The van der Waals surface area contributed by atoms with E-state index < -0.39 is 34.1 Å². The van der Waals surface area contributed by atoms with E-state index >= 15 is 0 Å². The maximum absolute atomic E-state index is 13.2. The summed E-state index contributed by atoms with van der Waals surface area (Å²) < 4.78 is 50.4. The van der Waals surface area contributed by atoms with Gasteiger partial charge >= 0.3 is 0 Å². The molecule has 118 valence electrons. The van der Waals surface area contributed by atoms with Crippen molar-refractivity contribution in [3.8, 4) is 0 Å². The lowest BCUT2D eigenvalue weighted by atomic mass is 10.2. The van der Waals surface area contributed by atoms with Gasteiger partial charge in [-0.3, -0.25) is 9.10 Å². The van der Waals surface area contributed by atoms with Crippen molar-refractivity contribution in [1.29, 1.82) is 0 Å². The maximum atomic E-state index is 13.2. The number of sulfonamides is 1. The number of amides is 1. The van der Waals surface area contributed by atoms with E-state index in [2.05, 4.69) is 5.32 Å². The summed E-state index contributed by atoms with van der Waals surface area (Å²) in [7, 11) is -3.80. The second-order valence-electron chi connectivity index (χ2n) is 4.74. The van der Waals surface area contributed by atoms with Crippen LogP contribution in [-0.2, 0) is 14.8 Å². The van der Waals surface area contributed by atoms with E-state index in [9.17, 15) is 22.0 Å². The zero-order valence-electron chi connectivity index (χ0n) is 12.1. The van der Waals surface area contributed by atoms with Crippen LogP contribution < -0.4 is 9.62 Å². The lowest BCUT2D eigenvalue weighted by Gasteiger charge is -2.23. The van der Waals surface area contributed by atoms with Crippen LogP contribution in [0.25, 0.3) is 0 Å². The minimum absolute atomic E-state index is 0.101. The fourth-order valence-electron chi connectivity index (χ4n) is 1.59. The third-order valence-electron chi connectivity index (χ3n) is 2.90. The second kappa shape index (κ2) is 6.84. The van der Waals surface area contributed by atoms with Crippen LogP contribution >= 0.6 is 0 Å². The average molecular weight is 320 g/mol. The number of hydrogen-bond acceptors (Lipinski definition) is 3. The molecule has 8 heteroatoms. The Balaban J connectivity index is 3.02. The zero-order valence-corrected chi connectivity index (χ0v) is 12.9. The van der Waals surface area contributed by atoms with Crippen LogP contribution in [0, 0.1) is 11.6 Å². The highest BCUT2D eigenvalue weighted by atomic mass is 32.2. The first-order valence-corrected chi connectivity index (χ1v) is 8.22. The van der Waals surface area contributed by atoms with Crippen molar-refractivity contribution in [3.05, 3.63) is 29.8 Å². The lowest BCUT2D eigenvalue weighted by Crippen LogP contribution is -2.43. The Bertz CT molecular complexity index is 620. The second-order valence-corrected chi connectivity index (χ2v) is 6.65. The Morgan fingerprint density at radius 3 is 2.43 bits per heavy atom. The summed E-state index contributed by atoms with van der Waals surface area (Å²) in [5.74, 6) is -2.78. The fourth-order valence-corrected chi connectivity index (χ4v) is 2.44. The molecule has 1 aromatic carbocycles. The maximum Gasteiger partial charge on any atom is 0.240 e. The Kier molecular flexibility index (Phi) is 5.65. The molecule has 0 heterocycles. The normalized spacial score (nSPS) is 12.8. The number of carbonyl (C=O) groups is 1. The molecule has 1 atom stereocenters. The molecule has 0 saturated heterocycles. The molecule has 1 amide bonds. The molecule has 0 aliphatic rings. The van der Waals surface area contributed by atoms with Crippen LogP contribution in [0.4, 0.5) is 14.5 Å². The number of benzene rings is 1. The molecule has 0 aromatic heterocycles. The lowest BCUT2D eigenvalue weighted by molar-refractivity contribution is -0.120. The van der Waals surface area contributed by atoms with Gasteiger partial charge in [-0.05, 0) is 25.5 Å². The van der Waals surface area contributed by atoms with Crippen LogP contribution in [0.3, 0.4) is 0 Å². The minimum atomic E-state index is -3.80. The molecule has 0 saturated carbocycles. The van der Waals surface area contributed by atoms with E-state index in [-0.39, 0.29) is 11.7 Å². The van der Waals surface area contributed by atoms with E-state index in [0.717, 1.165) is 28.8 Å². The number of nitrogens with zero attached hydrogens (tertiary/aromatic N) is 1. The van der Waals surface area contributed by atoms with Crippen LogP contribution in [0.15, 0.2) is 18.2 Å². The third kappa shape index (κ3) is 4.96. The molecule has 0 spiro atoms. The molecule has 21 heavy (non-hydrogen) atoms. The van der Waals surface area contributed by atoms with Gasteiger partial charge in [0, 0.05) is 12.1 Å². The SMILES string of the molecule is CC[C@H](C)NC(=O)CN(c1ccc(F)c(F)c1)S(C)(=O)=O. The third-order valence-corrected chi connectivity index (χ3v) is 4.04. The van der Waals surface area contributed by atoms with Gasteiger partial charge in [-0.1, -0.05) is 6.92 Å². The van der Waals surface area contributed by atoms with Crippen LogP contribution in [-0.4, -0.2) is 33.2 Å². The van der Waals surface area contributed by atoms with Crippen molar-refractivity contribution in [2.45, 2.75) is 26.3 Å². The molecule has 0 fully saturated rings. The summed E-state index contributed by atoms with van der Waals surface area (Å²) in [5, 5.41) is 2.62. The molecule has 0 bridgehead atoms. The highest BCUT2D eigenvalue weighted by Crippen LogP contribution is 2.20. The predicted molar refractivity (Wildman–Crippen MR) is 76.4 cm³/mol. The fraction of sp³-hybridized carbons (Fsp3) is 0.462. The van der Waals surface area contributed by atoms with Gasteiger partial charge in [0.2, 0.25) is 15.9 Å². The number of nitrogens with one attached hydrogen (secondary N) is 1. The van der Waals surface area contributed by atoms with Gasteiger partial charge in [0.25, 0.3) is 0 Å². The Morgan fingerprint density at radius 2 is 1.95 bits per heavy atom. The predicted octanol–water partition coefficient (Wildman–Crippen LogP) is 1.65. The summed E-state index contributed by atoms with van der Waals surface area (Å²) in [6.45, 7) is 3.16. The highest BCUT2D eigenvalue weighted by Gasteiger charge is 2.22. The topological polar surface area (TPSA) is 66.5 Å². The van der Waals surface area contributed by atoms with E-state index in [0.29, 0.717) is 6.42 Å².